The largest absolute Gasteiger partial charge is 0.496 e. The molecule has 3 aromatic carbocycles. The fourth-order valence-electron chi connectivity index (χ4n) is 4.35. The molecule has 9 heteroatoms. The number of nitrogens with zero attached hydrogens (tertiary/aromatic N) is 1. The number of aromatic nitrogens is 1. The first-order valence-electron chi connectivity index (χ1n) is 10.6. The van der Waals surface area contributed by atoms with Crippen molar-refractivity contribution in [2.75, 3.05) is 17.1 Å². The first-order valence-corrected chi connectivity index (χ1v) is 12.1. The monoisotopic (exact) mass is 481 g/mol. The first kappa shape index (κ1) is 22.1. The van der Waals surface area contributed by atoms with Gasteiger partial charge in [0.25, 0.3) is 10.0 Å². The van der Waals surface area contributed by atoms with E-state index in [9.17, 15) is 17.2 Å². The number of hydrogen-bond donors (Lipinski definition) is 2. The van der Waals surface area contributed by atoms with Crippen molar-refractivity contribution >= 4 is 32.4 Å². The number of methoxy groups -OCH3 is 1. The average Bonchev–Trinajstić information content (AvgIpc) is 3.21. The Morgan fingerprint density at radius 1 is 1.00 bits per heavy atom. The molecule has 1 aromatic heterocycles. The van der Waals surface area contributed by atoms with Crippen LogP contribution >= 0.6 is 0 Å². The number of nitrogens with one attached hydrogen (secondary N) is 2. The summed E-state index contributed by atoms with van der Waals surface area (Å²) in [6, 6.07) is 16.8. The van der Waals surface area contributed by atoms with E-state index in [0.717, 1.165) is 30.7 Å². The SMILES string of the molecule is COc1cccc2c1CCC2Nc1ccc2c(NS(=O)(=O)c3cc(F)cc(F)c3)cccc2n1. The number of pyridine rings is 1. The maximum absolute atomic E-state index is 13.5. The minimum absolute atomic E-state index is 0.0830. The van der Waals surface area contributed by atoms with Crippen LogP contribution in [-0.2, 0) is 16.4 Å². The highest BCUT2D eigenvalue weighted by molar-refractivity contribution is 7.92. The Balaban J connectivity index is 1.42. The van der Waals surface area contributed by atoms with Crippen molar-refractivity contribution in [3.05, 3.63) is 89.5 Å². The summed E-state index contributed by atoms with van der Waals surface area (Å²) in [4.78, 5) is 4.15. The van der Waals surface area contributed by atoms with E-state index in [4.69, 9.17) is 4.74 Å². The lowest BCUT2D eigenvalue weighted by Crippen LogP contribution is -2.14. The second-order valence-corrected chi connectivity index (χ2v) is 9.73. The molecule has 1 atom stereocenters. The molecule has 0 saturated heterocycles. The van der Waals surface area contributed by atoms with Gasteiger partial charge in [-0.3, -0.25) is 4.72 Å². The Labute approximate surface area is 195 Å². The van der Waals surface area contributed by atoms with Crippen LogP contribution in [0.4, 0.5) is 20.3 Å². The molecule has 1 unspecified atom stereocenters. The van der Waals surface area contributed by atoms with Crippen molar-refractivity contribution in [3.8, 4) is 5.75 Å². The van der Waals surface area contributed by atoms with Crippen LogP contribution in [-0.4, -0.2) is 20.5 Å². The fraction of sp³-hybridized carbons (Fsp3) is 0.160. The molecule has 0 aliphatic heterocycles. The molecule has 0 bridgehead atoms. The molecular formula is C25H21F2N3O3S. The zero-order valence-corrected chi connectivity index (χ0v) is 19.0. The number of hydrogen-bond acceptors (Lipinski definition) is 5. The molecule has 174 valence electrons. The van der Waals surface area contributed by atoms with Crippen molar-refractivity contribution < 1.29 is 21.9 Å². The van der Waals surface area contributed by atoms with Gasteiger partial charge in [0, 0.05) is 11.5 Å². The van der Waals surface area contributed by atoms with E-state index in [0.29, 0.717) is 22.8 Å². The third-order valence-electron chi connectivity index (χ3n) is 5.89. The summed E-state index contributed by atoms with van der Waals surface area (Å²) in [5.74, 6) is -0.410. The Morgan fingerprint density at radius 3 is 2.53 bits per heavy atom. The van der Waals surface area contributed by atoms with E-state index < -0.39 is 26.6 Å². The second-order valence-electron chi connectivity index (χ2n) is 8.04. The molecule has 1 heterocycles. The van der Waals surface area contributed by atoms with Crippen molar-refractivity contribution in [3.63, 3.8) is 0 Å². The molecule has 0 amide bonds. The molecular weight excluding hydrogens is 460 g/mol. The van der Waals surface area contributed by atoms with Crippen LogP contribution in [0, 0.1) is 11.6 Å². The van der Waals surface area contributed by atoms with Gasteiger partial charge in [0.2, 0.25) is 0 Å². The van der Waals surface area contributed by atoms with Crippen LogP contribution in [0.2, 0.25) is 0 Å². The van der Waals surface area contributed by atoms with Gasteiger partial charge in [-0.15, -0.1) is 0 Å². The maximum Gasteiger partial charge on any atom is 0.262 e. The molecule has 1 aliphatic carbocycles. The number of anilines is 2. The summed E-state index contributed by atoms with van der Waals surface area (Å²) in [6.07, 6.45) is 1.80. The number of halogens is 2. The summed E-state index contributed by atoms with van der Waals surface area (Å²) < 4.78 is 60.4. The second kappa shape index (κ2) is 8.57. The molecule has 0 spiro atoms. The molecule has 6 nitrogen and oxygen atoms in total. The fourth-order valence-corrected chi connectivity index (χ4v) is 5.47. The van der Waals surface area contributed by atoms with Crippen LogP contribution in [0.1, 0.15) is 23.6 Å². The zero-order valence-electron chi connectivity index (χ0n) is 18.2. The molecule has 4 aromatic rings. The summed E-state index contributed by atoms with van der Waals surface area (Å²) in [5, 5.41) is 4.02. The van der Waals surface area contributed by atoms with Gasteiger partial charge in [0.05, 0.1) is 29.3 Å². The maximum atomic E-state index is 13.5. The third-order valence-corrected chi connectivity index (χ3v) is 7.24. The summed E-state index contributed by atoms with van der Waals surface area (Å²) in [6.45, 7) is 0. The molecule has 1 aliphatic rings. The normalized spacial score (nSPS) is 15.2. The Kier molecular flexibility index (Phi) is 5.57. The van der Waals surface area contributed by atoms with Gasteiger partial charge in [0.1, 0.15) is 23.2 Å². The first-order chi connectivity index (χ1) is 16.3. The number of rotatable bonds is 6. The van der Waals surface area contributed by atoms with Crippen LogP contribution in [0.15, 0.2) is 71.6 Å². The highest BCUT2D eigenvalue weighted by Gasteiger charge is 2.25. The van der Waals surface area contributed by atoms with Crippen molar-refractivity contribution in [1.29, 1.82) is 0 Å². The molecule has 0 fully saturated rings. The lowest BCUT2D eigenvalue weighted by Gasteiger charge is -2.16. The minimum atomic E-state index is -4.20. The average molecular weight is 482 g/mol. The molecule has 5 rings (SSSR count). The summed E-state index contributed by atoms with van der Waals surface area (Å²) >= 11 is 0. The molecule has 34 heavy (non-hydrogen) atoms. The lowest BCUT2D eigenvalue weighted by molar-refractivity contribution is 0.410. The number of sulfonamides is 1. The van der Waals surface area contributed by atoms with Gasteiger partial charge in [0.15, 0.2) is 0 Å². The van der Waals surface area contributed by atoms with Gasteiger partial charge < -0.3 is 10.1 Å². The summed E-state index contributed by atoms with van der Waals surface area (Å²) in [5.41, 5.74) is 3.19. The van der Waals surface area contributed by atoms with E-state index in [1.165, 1.54) is 11.1 Å². The zero-order chi connectivity index (χ0) is 23.9. The van der Waals surface area contributed by atoms with Crippen molar-refractivity contribution in [2.45, 2.75) is 23.8 Å². The summed E-state index contributed by atoms with van der Waals surface area (Å²) in [7, 11) is -2.54. The van der Waals surface area contributed by atoms with Crippen LogP contribution in [0.5, 0.6) is 5.75 Å². The van der Waals surface area contributed by atoms with Gasteiger partial charge >= 0.3 is 0 Å². The van der Waals surface area contributed by atoms with E-state index in [-0.39, 0.29) is 11.7 Å². The standard InChI is InChI=1S/C25H21F2N3O3S/c1-33-24-7-2-4-18-19(24)8-10-22(18)29-25-11-9-20-21(28-25)5-3-6-23(20)30-34(31,32)17-13-15(26)12-16(27)14-17/h2-7,9,11-14,22,30H,8,10H2,1H3,(H,28,29). The molecule has 0 saturated carbocycles. The Hall–Kier alpha value is -3.72. The topological polar surface area (TPSA) is 80.3 Å². The molecule has 2 N–H and O–H groups in total. The van der Waals surface area contributed by atoms with Crippen LogP contribution in [0.3, 0.4) is 0 Å². The highest BCUT2D eigenvalue weighted by atomic mass is 32.2. The smallest absolute Gasteiger partial charge is 0.262 e. The van der Waals surface area contributed by atoms with Crippen LogP contribution < -0.4 is 14.8 Å². The van der Waals surface area contributed by atoms with E-state index in [2.05, 4.69) is 21.1 Å². The number of benzene rings is 3. The highest BCUT2D eigenvalue weighted by Crippen LogP contribution is 2.38. The van der Waals surface area contributed by atoms with Crippen molar-refractivity contribution in [2.24, 2.45) is 0 Å². The van der Waals surface area contributed by atoms with Gasteiger partial charge in [-0.2, -0.15) is 0 Å². The van der Waals surface area contributed by atoms with E-state index in [1.807, 2.05) is 12.1 Å². The Morgan fingerprint density at radius 2 is 1.76 bits per heavy atom. The number of ether oxygens (including phenoxy) is 1. The predicted octanol–water partition coefficient (Wildman–Crippen LogP) is 5.42. The van der Waals surface area contributed by atoms with E-state index in [1.54, 1.807) is 37.4 Å². The van der Waals surface area contributed by atoms with Gasteiger partial charge in [-0.05, 0) is 66.4 Å². The van der Waals surface area contributed by atoms with Crippen LogP contribution in [0.25, 0.3) is 10.9 Å². The predicted molar refractivity (Wildman–Crippen MR) is 127 cm³/mol. The van der Waals surface area contributed by atoms with E-state index >= 15 is 0 Å². The van der Waals surface area contributed by atoms with Gasteiger partial charge in [-0.25, -0.2) is 22.2 Å². The third kappa shape index (κ3) is 4.14. The van der Waals surface area contributed by atoms with Gasteiger partial charge in [-0.1, -0.05) is 18.2 Å². The quantitative estimate of drug-likeness (QED) is 0.384. The lowest BCUT2D eigenvalue weighted by atomic mass is 10.1. The molecule has 0 radical (unpaired) electrons. The minimum Gasteiger partial charge on any atom is -0.496 e. The number of fused-ring (bicyclic) bond motifs is 2. The van der Waals surface area contributed by atoms with Crippen molar-refractivity contribution in [1.82, 2.24) is 4.98 Å². The Bertz CT molecular complexity index is 1490.